The lowest BCUT2D eigenvalue weighted by atomic mass is 10.2. The minimum absolute atomic E-state index is 0.0376. The van der Waals surface area contributed by atoms with Crippen LogP contribution in [0.4, 0.5) is 0 Å². The average molecular weight is 159 g/mol. The van der Waals surface area contributed by atoms with Crippen molar-refractivity contribution in [1.29, 1.82) is 0 Å². The van der Waals surface area contributed by atoms with Crippen LogP contribution in [-0.4, -0.2) is 42.7 Å². The zero-order valence-corrected chi connectivity index (χ0v) is 5.82. The molecular formula is C6H9NO4. The minimum atomic E-state index is -0.921. The highest BCUT2D eigenvalue weighted by atomic mass is 16.7. The molecule has 3 atom stereocenters. The molecule has 2 aliphatic heterocycles. The topological polar surface area (TPSA) is 67.8 Å². The van der Waals surface area contributed by atoms with E-state index in [1.54, 1.807) is 0 Å². The largest absolute Gasteiger partial charge is 0.480 e. The van der Waals surface area contributed by atoms with Gasteiger partial charge in [-0.3, -0.25) is 10.1 Å². The van der Waals surface area contributed by atoms with Gasteiger partial charge in [-0.1, -0.05) is 0 Å². The van der Waals surface area contributed by atoms with Crippen LogP contribution in [0, 0.1) is 0 Å². The van der Waals surface area contributed by atoms with Gasteiger partial charge in [0.25, 0.3) is 0 Å². The van der Waals surface area contributed by atoms with Crippen LogP contribution in [0.15, 0.2) is 0 Å². The third-order valence-corrected chi connectivity index (χ3v) is 1.88. The number of nitrogens with one attached hydrogen (secondary N) is 1. The van der Waals surface area contributed by atoms with Crippen LogP contribution in [0.3, 0.4) is 0 Å². The van der Waals surface area contributed by atoms with Crippen LogP contribution >= 0.6 is 0 Å². The fraction of sp³-hybridized carbons (Fsp3) is 0.833. The molecule has 0 spiro atoms. The van der Waals surface area contributed by atoms with Gasteiger partial charge < -0.3 is 14.6 Å². The third kappa shape index (κ3) is 1.11. The Hall–Kier alpha value is -0.650. The lowest BCUT2D eigenvalue weighted by molar-refractivity contribution is -0.158. The molecule has 2 aliphatic rings. The molecular weight excluding hydrogens is 150 g/mol. The van der Waals surface area contributed by atoms with Crippen LogP contribution in [0.5, 0.6) is 0 Å². The standard InChI is InChI=1S/C6H9NO4/c8-5(9)4-6-10-2-3(11-6)1-7-4/h3-4,6-7H,1-2H2,(H,8,9)/t3-,4+,6-/m1/s1. The molecule has 2 bridgehead atoms. The Morgan fingerprint density at radius 2 is 2.45 bits per heavy atom. The zero-order valence-electron chi connectivity index (χ0n) is 5.82. The van der Waals surface area contributed by atoms with Crippen molar-refractivity contribution in [2.75, 3.05) is 13.2 Å². The highest BCUT2D eigenvalue weighted by Crippen LogP contribution is 2.18. The van der Waals surface area contributed by atoms with Gasteiger partial charge in [-0.05, 0) is 0 Å². The molecule has 0 unspecified atom stereocenters. The highest BCUT2D eigenvalue weighted by Gasteiger charge is 2.41. The summed E-state index contributed by atoms with van der Waals surface area (Å²) in [6, 6.07) is -0.700. The number of carboxylic acid groups (broad SMARTS) is 1. The zero-order chi connectivity index (χ0) is 7.84. The molecule has 2 heterocycles. The first-order valence-corrected chi connectivity index (χ1v) is 3.50. The molecule has 62 valence electrons. The molecule has 0 aromatic rings. The van der Waals surface area contributed by atoms with Crippen molar-refractivity contribution < 1.29 is 19.4 Å². The molecule has 2 rings (SSSR count). The van der Waals surface area contributed by atoms with Crippen molar-refractivity contribution in [2.45, 2.75) is 18.4 Å². The molecule has 0 aromatic carbocycles. The second kappa shape index (κ2) is 2.44. The number of morpholine rings is 1. The van der Waals surface area contributed by atoms with Crippen molar-refractivity contribution in [3.8, 4) is 0 Å². The summed E-state index contributed by atoms with van der Waals surface area (Å²) in [6.07, 6.45) is -0.554. The number of hydrogen-bond donors (Lipinski definition) is 2. The molecule has 0 amide bonds. The molecule has 0 radical (unpaired) electrons. The maximum absolute atomic E-state index is 10.5. The van der Waals surface area contributed by atoms with Gasteiger partial charge in [0.05, 0.1) is 12.7 Å². The molecule has 11 heavy (non-hydrogen) atoms. The molecule has 0 aromatic heterocycles. The fourth-order valence-corrected chi connectivity index (χ4v) is 1.31. The Balaban J connectivity index is 2.07. The van der Waals surface area contributed by atoms with Crippen molar-refractivity contribution in [2.24, 2.45) is 0 Å². The van der Waals surface area contributed by atoms with E-state index in [1.807, 2.05) is 0 Å². The van der Waals surface area contributed by atoms with Crippen LogP contribution in [-0.2, 0) is 14.3 Å². The minimum Gasteiger partial charge on any atom is -0.480 e. The molecule has 2 fully saturated rings. The monoisotopic (exact) mass is 159 g/mol. The Kier molecular flexibility index (Phi) is 1.56. The van der Waals surface area contributed by atoms with Gasteiger partial charge >= 0.3 is 5.97 Å². The van der Waals surface area contributed by atoms with E-state index in [-0.39, 0.29) is 6.10 Å². The van der Waals surface area contributed by atoms with Crippen molar-refractivity contribution in [3.63, 3.8) is 0 Å². The van der Waals surface area contributed by atoms with Gasteiger partial charge in [-0.2, -0.15) is 0 Å². The smallest absolute Gasteiger partial charge is 0.326 e. The summed E-state index contributed by atoms with van der Waals surface area (Å²) in [7, 11) is 0. The fourth-order valence-electron chi connectivity index (χ4n) is 1.31. The Morgan fingerprint density at radius 3 is 3.18 bits per heavy atom. The van der Waals surface area contributed by atoms with E-state index in [0.717, 1.165) is 0 Å². The summed E-state index contributed by atoms with van der Waals surface area (Å²) in [6.45, 7) is 1.06. The SMILES string of the molecule is O=C(O)[C@@H]1NC[C@@H]2CO[C@@H]1O2. The second-order valence-electron chi connectivity index (χ2n) is 2.68. The maximum Gasteiger partial charge on any atom is 0.326 e. The summed E-state index contributed by atoms with van der Waals surface area (Å²) < 4.78 is 10.3. The van der Waals surface area contributed by atoms with E-state index < -0.39 is 18.3 Å². The average Bonchev–Trinajstić information content (AvgIpc) is 2.32. The Bertz CT molecular complexity index is 183. The predicted octanol–water partition coefficient (Wildman–Crippen LogP) is -1.22. The van der Waals surface area contributed by atoms with E-state index in [0.29, 0.717) is 13.2 Å². The van der Waals surface area contributed by atoms with Crippen LogP contribution in [0.2, 0.25) is 0 Å². The van der Waals surface area contributed by atoms with E-state index in [1.165, 1.54) is 0 Å². The van der Waals surface area contributed by atoms with Crippen LogP contribution in [0.25, 0.3) is 0 Å². The van der Waals surface area contributed by atoms with Crippen molar-refractivity contribution >= 4 is 5.97 Å². The number of ether oxygens (including phenoxy) is 2. The first kappa shape index (κ1) is 7.02. The Morgan fingerprint density at radius 1 is 1.64 bits per heavy atom. The number of rotatable bonds is 1. The predicted molar refractivity (Wildman–Crippen MR) is 34.0 cm³/mol. The number of carboxylic acids is 1. The van der Waals surface area contributed by atoms with Gasteiger partial charge in [0.1, 0.15) is 0 Å². The Labute approximate surface area is 63.3 Å². The molecule has 5 heteroatoms. The quantitative estimate of drug-likeness (QED) is 0.502. The normalized spacial score (nSPS) is 42.4. The lowest BCUT2D eigenvalue weighted by Crippen LogP contribution is -2.52. The van der Waals surface area contributed by atoms with Gasteiger partial charge in [0.15, 0.2) is 12.3 Å². The molecule has 2 saturated heterocycles. The number of fused-ring (bicyclic) bond motifs is 2. The number of carbonyl (C=O) groups is 1. The summed E-state index contributed by atoms with van der Waals surface area (Å²) in [4.78, 5) is 10.5. The molecule has 0 saturated carbocycles. The lowest BCUT2D eigenvalue weighted by Gasteiger charge is -2.25. The van der Waals surface area contributed by atoms with Gasteiger partial charge in [-0.15, -0.1) is 0 Å². The van der Waals surface area contributed by atoms with Gasteiger partial charge in [-0.25, -0.2) is 0 Å². The molecule has 5 nitrogen and oxygen atoms in total. The summed E-state index contributed by atoms with van der Waals surface area (Å²) in [5.74, 6) is -0.921. The summed E-state index contributed by atoms with van der Waals surface area (Å²) in [5.41, 5.74) is 0. The number of hydrogen-bond acceptors (Lipinski definition) is 4. The van der Waals surface area contributed by atoms with Crippen molar-refractivity contribution in [1.82, 2.24) is 5.32 Å². The van der Waals surface area contributed by atoms with E-state index in [9.17, 15) is 4.79 Å². The van der Waals surface area contributed by atoms with Crippen LogP contribution < -0.4 is 5.32 Å². The van der Waals surface area contributed by atoms with Gasteiger partial charge in [0, 0.05) is 6.54 Å². The third-order valence-electron chi connectivity index (χ3n) is 1.88. The number of aliphatic carboxylic acids is 1. The van der Waals surface area contributed by atoms with Gasteiger partial charge in [0.2, 0.25) is 0 Å². The van der Waals surface area contributed by atoms with Crippen LogP contribution in [0.1, 0.15) is 0 Å². The first-order chi connectivity index (χ1) is 5.27. The van der Waals surface area contributed by atoms with E-state index in [4.69, 9.17) is 14.6 Å². The first-order valence-electron chi connectivity index (χ1n) is 3.50. The van der Waals surface area contributed by atoms with E-state index >= 15 is 0 Å². The summed E-state index contributed by atoms with van der Waals surface area (Å²) >= 11 is 0. The summed E-state index contributed by atoms with van der Waals surface area (Å²) in [5, 5.41) is 11.5. The van der Waals surface area contributed by atoms with Crippen molar-refractivity contribution in [3.05, 3.63) is 0 Å². The molecule has 2 N–H and O–H groups in total. The second-order valence-corrected chi connectivity index (χ2v) is 2.68. The maximum atomic E-state index is 10.5. The van der Waals surface area contributed by atoms with E-state index in [2.05, 4.69) is 5.32 Å². The molecule has 0 aliphatic carbocycles. The highest BCUT2D eigenvalue weighted by molar-refractivity contribution is 5.74.